The van der Waals surface area contributed by atoms with E-state index in [2.05, 4.69) is 4.90 Å². The van der Waals surface area contributed by atoms with Crippen LogP contribution in [0.25, 0.3) is 6.08 Å². The van der Waals surface area contributed by atoms with Crippen LogP contribution in [0.1, 0.15) is 39.5 Å². The van der Waals surface area contributed by atoms with Gasteiger partial charge < -0.3 is 18.9 Å². The van der Waals surface area contributed by atoms with Crippen molar-refractivity contribution in [1.82, 2.24) is 4.90 Å². The summed E-state index contributed by atoms with van der Waals surface area (Å²) < 4.78 is 23.5. The van der Waals surface area contributed by atoms with Gasteiger partial charge in [0.15, 0.2) is 5.76 Å². The molecule has 0 saturated carbocycles. The Morgan fingerprint density at radius 3 is 2.65 bits per heavy atom. The fraction of sp³-hybridized carbons (Fsp3) is 0.250. The van der Waals surface area contributed by atoms with Crippen LogP contribution in [0.4, 0.5) is 0 Å². The Morgan fingerprint density at radius 2 is 1.85 bits per heavy atom. The molecule has 5 rings (SSSR count). The molecule has 0 aromatic heterocycles. The molecule has 2 aliphatic rings. The van der Waals surface area contributed by atoms with E-state index < -0.39 is 0 Å². The number of para-hydroxylation sites is 2. The van der Waals surface area contributed by atoms with Crippen LogP contribution in [-0.2, 0) is 13.1 Å². The molecule has 0 fully saturated rings. The molecular weight excluding hydrogens is 430 g/mol. The van der Waals surface area contributed by atoms with Gasteiger partial charge in [-0.25, -0.2) is 0 Å². The number of carbonyl (C=O) groups excluding carboxylic acids is 1. The number of ketones is 1. The first-order chi connectivity index (χ1) is 16.6. The zero-order valence-corrected chi connectivity index (χ0v) is 19.6. The number of benzene rings is 3. The summed E-state index contributed by atoms with van der Waals surface area (Å²) in [6, 6.07) is 17.5. The van der Waals surface area contributed by atoms with E-state index in [1.54, 1.807) is 13.2 Å². The molecule has 6 heteroatoms. The molecule has 0 saturated heterocycles. The molecule has 34 heavy (non-hydrogen) atoms. The van der Waals surface area contributed by atoms with E-state index in [1.807, 2.05) is 68.4 Å². The molecule has 3 aromatic carbocycles. The quantitative estimate of drug-likeness (QED) is 0.464. The minimum atomic E-state index is -0.122. The lowest BCUT2D eigenvalue weighted by Crippen LogP contribution is -2.32. The first kappa shape index (κ1) is 22.0. The van der Waals surface area contributed by atoms with Gasteiger partial charge in [-0.3, -0.25) is 9.69 Å². The molecule has 0 amide bonds. The Bertz CT molecular complexity index is 1280. The molecule has 2 aliphatic heterocycles. The summed E-state index contributed by atoms with van der Waals surface area (Å²) in [5.41, 5.74) is 4.21. The average Bonchev–Trinajstić information content (AvgIpc) is 3.18. The summed E-state index contributed by atoms with van der Waals surface area (Å²) in [6.45, 7) is 6.10. The minimum absolute atomic E-state index is 0.122. The molecule has 174 valence electrons. The third-order valence-electron chi connectivity index (χ3n) is 6.08. The van der Waals surface area contributed by atoms with Crippen LogP contribution >= 0.6 is 0 Å². The molecule has 2 heterocycles. The van der Waals surface area contributed by atoms with E-state index in [-0.39, 0.29) is 5.78 Å². The second-order valence-corrected chi connectivity index (χ2v) is 8.36. The molecule has 6 nitrogen and oxygen atoms in total. The van der Waals surface area contributed by atoms with Crippen LogP contribution in [0.15, 0.2) is 60.4 Å². The van der Waals surface area contributed by atoms with E-state index >= 15 is 0 Å². The van der Waals surface area contributed by atoms with Crippen molar-refractivity contribution in [1.29, 1.82) is 0 Å². The van der Waals surface area contributed by atoms with Crippen LogP contribution < -0.4 is 18.9 Å². The van der Waals surface area contributed by atoms with Gasteiger partial charge in [-0.2, -0.15) is 0 Å². The summed E-state index contributed by atoms with van der Waals surface area (Å²) in [7, 11) is 1.67. The van der Waals surface area contributed by atoms with E-state index in [0.29, 0.717) is 43.5 Å². The lowest BCUT2D eigenvalue weighted by molar-refractivity contribution is 0.0864. The van der Waals surface area contributed by atoms with Gasteiger partial charge in [-0.1, -0.05) is 36.4 Å². The molecular formula is C28H27NO5. The Labute approximate surface area is 199 Å². The maximum absolute atomic E-state index is 13.3. The van der Waals surface area contributed by atoms with E-state index in [9.17, 15) is 4.79 Å². The lowest BCUT2D eigenvalue weighted by Gasteiger charge is -2.30. The third-order valence-corrected chi connectivity index (χ3v) is 6.08. The summed E-state index contributed by atoms with van der Waals surface area (Å²) >= 11 is 0. The van der Waals surface area contributed by atoms with E-state index in [1.165, 1.54) is 0 Å². The molecule has 0 bridgehead atoms. The van der Waals surface area contributed by atoms with Crippen molar-refractivity contribution >= 4 is 11.9 Å². The fourth-order valence-corrected chi connectivity index (χ4v) is 4.48. The Hall–Kier alpha value is -3.77. The number of fused-ring (bicyclic) bond motifs is 3. The number of ether oxygens (including phenoxy) is 4. The molecule has 0 spiro atoms. The van der Waals surface area contributed by atoms with Gasteiger partial charge in [0.2, 0.25) is 5.78 Å². The topological polar surface area (TPSA) is 57.2 Å². The van der Waals surface area contributed by atoms with Gasteiger partial charge in [-0.15, -0.1) is 0 Å². The number of hydrogen-bond donors (Lipinski definition) is 0. The lowest BCUT2D eigenvalue weighted by atomic mass is 9.98. The van der Waals surface area contributed by atoms with Gasteiger partial charge in [-0.05, 0) is 43.7 Å². The van der Waals surface area contributed by atoms with Crippen LogP contribution in [0.2, 0.25) is 0 Å². The van der Waals surface area contributed by atoms with Crippen molar-refractivity contribution in [2.24, 2.45) is 0 Å². The highest BCUT2D eigenvalue weighted by molar-refractivity contribution is 6.16. The molecule has 0 aliphatic carbocycles. The second-order valence-electron chi connectivity index (χ2n) is 8.36. The van der Waals surface area contributed by atoms with E-state index in [4.69, 9.17) is 18.9 Å². The number of rotatable bonds is 6. The molecule has 0 N–H and O–H groups in total. The van der Waals surface area contributed by atoms with Crippen molar-refractivity contribution in [2.45, 2.75) is 26.9 Å². The maximum Gasteiger partial charge on any atom is 0.232 e. The number of Topliss-reactive ketones (excluding diaryl/α,β-unsaturated/α-hetero) is 1. The highest BCUT2D eigenvalue weighted by atomic mass is 16.5. The summed E-state index contributed by atoms with van der Waals surface area (Å²) in [4.78, 5) is 15.5. The molecule has 3 aromatic rings. The molecule has 0 radical (unpaired) electrons. The van der Waals surface area contributed by atoms with Crippen LogP contribution in [0.3, 0.4) is 0 Å². The molecule has 0 unspecified atom stereocenters. The molecule has 0 atom stereocenters. The number of methoxy groups -OCH3 is 1. The largest absolute Gasteiger partial charge is 0.496 e. The standard InChI is InChI=1S/C28H27NO5/c1-4-32-23-12-8-5-9-19(23)14-25-27(30)26-18(2)13-24-21(28(26)34-25)16-29(17-33-24)15-20-10-6-7-11-22(20)31-3/h5-14H,4,15-17H2,1-3H3/b25-14-. The summed E-state index contributed by atoms with van der Waals surface area (Å²) in [5.74, 6) is 3.08. The number of hydrogen-bond acceptors (Lipinski definition) is 6. The van der Waals surface area contributed by atoms with Gasteiger partial charge in [0, 0.05) is 24.2 Å². The van der Waals surface area contributed by atoms with Crippen molar-refractivity contribution in [3.05, 3.63) is 88.2 Å². The van der Waals surface area contributed by atoms with Crippen LogP contribution in [-0.4, -0.2) is 31.1 Å². The second kappa shape index (κ2) is 9.23. The zero-order chi connectivity index (χ0) is 23.7. The zero-order valence-electron chi connectivity index (χ0n) is 19.6. The monoisotopic (exact) mass is 457 g/mol. The highest BCUT2D eigenvalue weighted by Gasteiger charge is 2.35. The summed E-state index contributed by atoms with van der Waals surface area (Å²) in [5, 5.41) is 0. The van der Waals surface area contributed by atoms with Gasteiger partial charge in [0.1, 0.15) is 29.7 Å². The van der Waals surface area contributed by atoms with Gasteiger partial charge in [0.05, 0.1) is 24.8 Å². The Kier molecular flexibility index (Phi) is 5.99. The smallest absolute Gasteiger partial charge is 0.232 e. The Morgan fingerprint density at radius 1 is 1.09 bits per heavy atom. The normalized spacial score (nSPS) is 16.0. The number of allylic oxidation sites excluding steroid dienone is 1. The van der Waals surface area contributed by atoms with Gasteiger partial charge in [0.25, 0.3) is 0 Å². The highest BCUT2D eigenvalue weighted by Crippen LogP contribution is 2.44. The van der Waals surface area contributed by atoms with Crippen molar-refractivity contribution in [2.75, 3.05) is 20.4 Å². The van der Waals surface area contributed by atoms with Crippen molar-refractivity contribution in [3.63, 3.8) is 0 Å². The predicted molar refractivity (Wildman–Crippen MR) is 129 cm³/mol. The Balaban J connectivity index is 1.46. The van der Waals surface area contributed by atoms with Crippen molar-refractivity contribution in [3.8, 4) is 23.0 Å². The number of carbonyl (C=O) groups is 1. The average molecular weight is 458 g/mol. The minimum Gasteiger partial charge on any atom is -0.496 e. The van der Waals surface area contributed by atoms with Gasteiger partial charge >= 0.3 is 0 Å². The van der Waals surface area contributed by atoms with E-state index in [0.717, 1.165) is 39.5 Å². The number of nitrogens with zero attached hydrogens (tertiary/aromatic N) is 1. The first-order valence-corrected chi connectivity index (χ1v) is 11.4. The number of aryl methyl sites for hydroxylation is 1. The summed E-state index contributed by atoms with van der Waals surface area (Å²) in [6.07, 6.45) is 1.76. The van der Waals surface area contributed by atoms with Crippen LogP contribution in [0.5, 0.6) is 23.0 Å². The fourth-order valence-electron chi connectivity index (χ4n) is 4.48. The first-order valence-electron chi connectivity index (χ1n) is 11.4. The predicted octanol–water partition coefficient (Wildman–Crippen LogP) is 5.37. The third kappa shape index (κ3) is 4.01. The maximum atomic E-state index is 13.3. The van der Waals surface area contributed by atoms with Crippen LogP contribution in [0, 0.1) is 6.92 Å². The van der Waals surface area contributed by atoms with Crippen molar-refractivity contribution < 1.29 is 23.7 Å². The SMILES string of the molecule is CCOc1ccccc1/C=C1\Oc2c3c(cc(C)c2C1=O)OCN(Cc1ccccc1OC)C3.